The molecule has 6 nitrogen and oxygen atoms in total. The van der Waals surface area contributed by atoms with Crippen LogP contribution in [0.2, 0.25) is 0 Å². The molecule has 2 aromatic rings. The number of benzene rings is 2. The quantitative estimate of drug-likeness (QED) is 0.580. The monoisotopic (exact) mass is 367 g/mol. The third-order valence-corrected chi connectivity index (χ3v) is 4.06. The van der Waals surface area contributed by atoms with Gasteiger partial charge in [0, 0.05) is 11.4 Å². The summed E-state index contributed by atoms with van der Waals surface area (Å²) in [5, 5.41) is 6.81. The van der Waals surface area contributed by atoms with Gasteiger partial charge >= 0.3 is 0 Å². The fourth-order valence-electron chi connectivity index (χ4n) is 2.33. The zero-order valence-electron chi connectivity index (χ0n) is 16.1. The number of nitrogens with one attached hydrogen (secondary N) is 2. The van der Waals surface area contributed by atoms with Crippen LogP contribution >= 0.6 is 0 Å². The molecule has 27 heavy (non-hydrogen) atoms. The lowest BCUT2D eigenvalue weighted by Gasteiger charge is -2.10. The summed E-state index contributed by atoms with van der Waals surface area (Å²) in [6.45, 7) is 7.47. The Hall–Kier alpha value is -3.15. The highest BCUT2D eigenvalue weighted by Gasteiger charge is 2.08. The maximum Gasteiger partial charge on any atom is 0.277 e. The van der Waals surface area contributed by atoms with Gasteiger partial charge in [-0.25, -0.2) is 5.43 Å². The number of rotatable bonds is 7. The standard InChI is InChI=1S/C21H25N3O3/c1-14-8-10-18(11-9-14)27-13-21(26)24-23-16(3)12-20(25)22-19-7-5-6-15(2)17(19)4/h5-11H,12-13H2,1-4H3,(H,22,25)(H,24,26)/b23-16+. The van der Waals surface area contributed by atoms with Gasteiger partial charge in [-0.2, -0.15) is 5.10 Å². The van der Waals surface area contributed by atoms with E-state index in [1.54, 1.807) is 19.1 Å². The predicted octanol–water partition coefficient (Wildman–Crippen LogP) is 3.51. The van der Waals surface area contributed by atoms with Crippen molar-refractivity contribution in [3.8, 4) is 5.75 Å². The molecule has 0 radical (unpaired) electrons. The summed E-state index contributed by atoms with van der Waals surface area (Å²) in [6, 6.07) is 13.2. The Morgan fingerprint density at radius 3 is 2.41 bits per heavy atom. The molecule has 2 N–H and O–H groups in total. The van der Waals surface area contributed by atoms with Crippen LogP contribution in [-0.4, -0.2) is 24.1 Å². The van der Waals surface area contributed by atoms with Gasteiger partial charge in [-0.05, 0) is 57.0 Å². The van der Waals surface area contributed by atoms with Crippen molar-refractivity contribution in [2.75, 3.05) is 11.9 Å². The fourth-order valence-corrected chi connectivity index (χ4v) is 2.33. The maximum absolute atomic E-state index is 12.1. The highest BCUT2D eigenvalue weighted by atomic mass is 16.5. The van der Waals surface area contributed by atoms with Crippen LogP contribution in [0, 0.1) is 20.8 Å². The molecule has 0 aromatic heterocycles. The second kappa shape index (κ2) is 9.52. The zero-order valence-corrected chi connectivity index (χ0v) is 16.1. The van der Waals surface area contributed by atoms with Crippen LogP contribution in [0.15, 0.2) is 47.6 Å². The van der Waals surface area contributed by atoms with Gasteiger partial charge in [0.25, 0.3) is 5.91 Å². The lowest BCUT2D eigenvalue weighted by Crippen LogP contribution is -2.26. The first-order chi connectivity index (χ1) is 12.8. The van der Waals surface area contributed by atoms with E-state index in [-0.39, 0.29) is 24.8 Å². The molecule has 0 saturated heterocycles. The number of anilines is 1. The first-order valence-corrected chi connectivity index (χ1v) is 8.72. The number of aryl methyl sites for hydroxylation is 2. The minimum Gasteiger partial charge on any atom is -0.484 e. The Labute approximate surface area is 159 Å². The highest BCUT2D eigenvalue weighted by Crippen LogP contribution is 2.18. The molecule has 0 heterocycles. The van der Waals surface area contributed by atoms with E-state index in [0.29, 0.717) is 11.5 Å². The summed E-state index contributed by atoms with van der Waals surface area (Å²) in [7, 11) is 0. The van der Waals surface area contributed by atoms with Gasteiger partial charge in [0.15, 0.2) is 6.61 Å². The first-order valence-electron chi connectivity index (χ1n) is 8.72. The summed E-state index contributed by atoms with van der Waals surface area (Å²) in [4.78, 5) is 23.9. The molecule has 0 saturated carbocycles. The number of hydrogen-bond acceptors (Lipinski definition) is 4. The fraction of sp³-hybridized carbons (Fsp3) is 0.286. The number of hydrogen-bond donors (Lipinski definition) is 2. The highest BCUT2D eigenvalue weighted by molar-refractivity contribution is 6.06. The van der Waals surface area contributed by atoms with E-state index < -0.39 is 0 Å². The Kier molecular flexibility index (Phi) is 7.11. The molecule has 0 aliphatic heterocycles. The molecule has 2 aromatic carbocycles. The summed E-state index contributed by atoms with van der Waals surface area (Å²) in [6.07, 6.45) is 0.0898. The SMILES string of the molecule is C/C(CC(=O)Nc1cccc(C)c1C)=N\NC(=O)COc1ccc(C)cc1. The minimum absolute atomic E-state index is 0.0898. The third-order valence-electron chi connectivity index (χ3n) is 4.06. The molecule has 0 spiro atoms. The number of amides is 2. The van der Waals surface area contributed by atoms with Crippen molar-refractivity contribution in [3.05, 3.63) is 59.2 Å². The van der Waals surface area contributed by atoms with Crippen molar-refractivity contribution in [1.29, 1.82) is 0 Å². The lowest BCUT2D eigenvalue weighted by molar-refractivity contribution is -0.123. The second-order valence-corrected chi connectivity index (χ2v) is 6.46. The number of carbonyl (C=O) groups is 2. The average Bonchev–Trinajstić information content (AvgIpc) is 2.63. The number of ether oxygens (including phenoxy) is 1. The minimum atomic E-state index is -0.384. The van der Waals surface area contributed by atoms with Gasteiger partial charge in [-0.15, -0.1) is 0 Å². The molecule has 0 unspecified atom stereocenters. The predicted molar refractivity (Wildman–Crippen MR) is 107 cm³/mol. The molecule has 2 rings (SSSR count). The van der Waals surface area contributed by atoms with Crippen LogP contribution in [0.25, 0.3) is 0 Å². The summed E-state index contributed by atoms with van der Waals surface area (Å²) in [5.74, 6) is 0.0457. The van der Waals surface area contributed by atoms with Crippen molar-refractivity contribution in [3.63, 3.8) is 0 Å². The van der Waals surface area contributed by atoms with Crippen molar-refractivity contribution in [1.82, 2.24) is 5.43 Å². The summed E-state index contributed by atoms with van der Waals surface area (Å²) in [5.41, 5.74) is 6.94. The van der Waals surface area contributed by atoms with Crippen molar-refractivity contribution >= 4 is 23.2 Å². The van der Waals surface area contributed by atoms with Crippen LogP contribution in [0.4, 0.5) is 5.69 Å². The molecule has 0 aliphatic carbocycles. The number of hydrazone groups is 1. The molecule has 2 amide bonds. The Bertz CT molecular complexity index is 842. The van der Waals surface area contributed by atoms with Gasteiger partial charge in [0.05, 0.1) is 6.42 Å². The van der Waals surface area contributed by atoms with E-state index in [4.69, 9.17) is 4.74 Å². The maximum atomic E-state index is 12.1. The number of carbonyl (C=O) groups excluding carboxylic acids is 2. The lowest BCUT2D eigenvalue weighted by atomic mass is 10.1. The summed E-state index contributed by atoms with van der Waals surface area (Å²) < 4.78 is 5.38. The van der Waals surface area contributed by atoms with Crippen LogP contribution in [0.3, 0.4) is 0 Å². The zero-order chi connectivity index (χ0) is 19.8. The van der Waals surface area contributed by atoms with Gasteiger partial charge in [0.2, 0.25) is 5.91 Å². The molecule has 0 bridgehead atoms. The molecule has 0 atom stereocenters. The van der Waals surface area contributed by atoms with E-state index in [0.717, 1.165) is 22.4 Å². The van der Waals surface area contributed by atoms with Crippen molar-refractivity contribution < 1.29 is 14.3 Å². The Morgan fingerprint density at radius 2 is 1.70 bits per heavy atom. The van der Waals surface area contributed by atoms with E-state index in [9.17, 15) is 9.59 Å². The van der Waals surface area contributed by atoms with Crippen molar-refractivity contribution in [2.45, 2.75) is 34.1 Å². The molecular weight excluding hydrogens is 342 g/mol. The molecular formula is C21H25N3O3. The van der Waals surface area contributed by atoms with Gasteiger partial charge < -0.3 is 10.1 Å². The van der Waals surface area contributed by atoms with E-state index in [1.165, 1.54) is 0 Å². The molecule has 0 fully saturated rings. The van der Waals surface area contributed by atoms with E-state index in [1.807, 2.05) is 51.1 Å². The van der Waals surface area contributed by atoms with Gasteiger partial charge in [0.1, 0.15) is 5.75 Å². The van der Waals surface area contributed by atoms with E-state index >= 15 is 0 Å². The van der Waals surface area contributed by atoms with Crippen LogP contribution in [-0.2, 0) is 9.59 Å². The Morgan fingerprint density at radius 1 is 1.00 bits per heavy atom. The molecule has 6 heteroatoms. The first kappa shape index (κ1) is 20.2. The van der Waals surface area contributed by atoms with Crippen LogP contribution < -0.4 is 15.5 Å². The van der Waals surface area contributed by atoms with Crippen LogP contribution in [0.5, 0.6) is 5.75 Å². The van der Waals surface area contributed by atoms with Gasteiger partial charge in [-0.3, -0.25) is 9.59 Å². The summed E-state index contributed by atoms with van der Waals surface area (Å²) >= 11 is 0. The van der Waals surface area contributed by atoms with E-state index in [2.05, 4.69) is 15.8 Å². The van der Waals surface area contributed by atoms with Gasteiger partial charge in [-0.1, -0.05) is 29.8 Å². The molecule has 0 aliphatic rings. The number of nitrogens with zero attached hydrogens (tertiary/aromatic N) is 1. The van der Waals surface area contributed by atoms with Crippen LogP contribution in [0.1, 0.15) is 30.0 Å². The molecule has 142 valence electrons. The third kappa shape index (κ3) is 6.58. The van der Waals surface area contributed by atoms with Crippen molar-refractivity contribution in [2.24, 2.45) is 5.10 Å². The smallest absolute Gasteiger partial charge is 0.277 e. The second-order valence-electron chi connectivity index (χ2n) is 6.46. The Balaban J connectivity index is 1.78. The average molecular weight is 367 g/mol. The normalized spacial score (nSPS) is 11.0. The topological polar surface area (TPSA) is 79.8 Å². The largest absolute Gasteiger partial charge is 0.484 e.